The van der Waals surface area contributed by atoms with E-state index in [1.807, 2.05) is 0 Å². The van der Waals surface area contributed by atoms with Crippen molar-refractivity contribution < 1.29 is 31.4 Å². The van der Waals surface area contributed by atoms with Crippen LogP contribution in [-0.2, 0) is 14.9 Å². The molecular formula is C9H15F3N2O4S. The summed E-state index contributed by atoms with van der Waals surface area (Å²) in [5.41, 5.74) is -2.95. The summed E-state index contributed by atoms with van der Waals surface area (Å²) in [6, 6.07) is 0. The molecule has 2 aliphatic rings. The Labute approximate surface area is 108 Å². The zero-order valence-corrected chi connectivity index (χ0v) is 10.9. The minimum atomic E-state index is -4.83. The maximum Gasteiger partial charge on any atom is 0.418 e. The van der Waals surface area contributed by atoms with Crippen molar-refractivity contribution in [2.24, 2.45) is 0 Å². The lowest BCUT2D eigenvalue weighted by molar-refractivity contribution is -0.252. The van der Waals surface area contributed by atoms with Crippen LogP contribution < -0.4 is 0 Å². The molecule has 112 valence electrons. The van der Waals surface area contributed by atoms with Crippen molar-refractivity contribution in [2.75, 3.05) is 39.4 Å². The molecule has 0 aromatic carbocycles. The number of alkyl halides is 3. The van der Waals surface area contributed by atoms with Crippen LogP contribution in [0.25, 0.3) is 0 Å². The molecule has 2 rings (SSSR count). The van der Waals surface area contributed by atoms with Crippen LogP contribution in [0.15, 0.2) is 0 Å². The average Bonchev–Trinajstić information content (AvgIpc) is 2.74. The molecule has 0 aromatic heterocycles. The third-order valence-electron chi connectivity index (χ3n) is 3.36. The first kappa shape index (κ1) is 15.0. The average molecular weight is 304 g/mol. The molecule has 0 radical (unpaired) electrons. The van der Waals surface area contributed by atoms with E-state index >= 15 is 0 Å². The Balaban J connectivity index is 2.11. The molecule has 0 aliphatic carbocycles. The molecular weight excluding hydrogens is 289 g/mol. The molecule has 2 saturated heterocycles. The van der Waals surface area contributed by atoms with Gasteiger partial charge in [0, 0.05) is 26.1 Å². The first-order valence-corrected chi connectivity index (χ1v) is 7.19. The number of nitrogens with zero attached hydrogens (tertiary/aromatic N) is 2. The van der Waals surface area contributed by atoms with Gasteiger partial charge in [0.1, 0.15) is 0 Å². The van der Waals surface area contributed by atoms with Crippen LogP contribution in [0.1, 0.15) is 6.42 Å². The first-order chi connectivity index (χ1) is 8.67. The predicted molar refractivity (Wildman–Crippen MR) is 58.5 cm³/mol. The molecule has 1 atom stereocenters. The van der Waals surface area contributed by atoms with Gasteiger partial charge in [-0.1, -0.05) is 0 Å². The Bertz CT molecular complexity index is 435. The third-order valence-corrected chi connectivity index (χ3v) is 5.34. The monoisotopic (exact) mass is 304 g/mol. The molecule has 0 aromatic rings. The Kier molecular flexibility index (Phi) is 3.82. The van der Waals surface area contributed by atoms with Crippen molar-refractivity contribution in [3.63, 3.8) is 0 Å². The third kappa shape index (κ3) is 2.72. The van der Waals surface area contributed by atoms with Crippen molar-refractivity contribution in [3.8, 4) is 0 Å². The standard InChI is InChI=1S/C9H15F3N2O4S/c10-9(11,12)8(15)1-2-14(7-8)19(16,17)13-3-5-18-6-4-13/h15H,1-7H2/t8-/m1/s1. The summed E-state index contributed by atoms with van der Waals surface area (Å²) in [6.07, 6.45) is -5.47. The minimum Gasteiger partial charge on any atom is -0.379 e. The van der Waals surface area contributed by atoms with Crippen molar-refractivity contribution in [1.29, 1.82) is 0 Å². The van der Waals surface area contributed by atoms with E-state index in [-0.39, 0.29) is 32.8 Å². The smallest absolute Gasteiger partial charge is 0.379 e. The number of aliphatic hydroxyl groups is 1. The second kappa shape index (κ2) is 4.85. The zero-order chi connectivity index (χ0) is 14.3. The SMILES string of the molecule is O=S(=O)(N1CCOCC1)N1CC[C@](O)(C(F)(F)F)C1. The van der Waals surface area contributed by atoms with Crippen LogP contribution in [0.3, 0.4) is 0 Å². The summed E-state index contributed by atoms with van der Waals surface area (Å²) in [6.45, 7) is -0.619. The lowest BCUT2D eigenvalue weighted by atomic mass is 10.0. The molecule has 6 nitrogen and oxygen atoms in total. The highest BCUT2D eigenvalue weighted by molar-refractivity contribution is 7.86. The summed E-state index contributed by atoms with van der Waals surface area (Å²) in [4.78, 5) is 0. The van der Waals surface area contributed by atoms with Gasteiger partial charge in [-0.15, -0.1) is 0 Å². The number of hydrogen-bond acceptors (Lipinski definition) is 4. The molecule has 19 heavy (non-hydrogen) atoms. The summed E-state index contributed by atoms with van der Waals surface area (Å²) >= 11 is 0. The van der Waals surface area contributed by atoms with Gasteiger partial charge in [0.15, 0.2) is 5.60 Å². The van der Waals surface area contributed by atoms with E-state index in [4.69, 9.17) is 4.74 Å². The van der Waals surface area contributed by atoms with E-state index < -0.39 is 35.0 Å². The van der Waals surface area contributed by atoms with Gasteiger partial charge in [0.2, 0.25) is 0 Å². The maximum absolute atomic E-state index is 12.6. The van der Waals surface area contributed by atoms with Crippen molar-refractivity contribution in [3.05, 3.63) is 0 Å². The van der Waals surface area contributed by atoms with E-state index in [1.165, 1.54) is 0 Å². The molecule has 1 N–H and O–H groups in total. The van der Waals surface area contributed by atoms with Crippen LogP contribution in [0.2, 0.25) is 0 Å². The number of halogens is 3. The van der Waals surface area contributed by atoms with E-state index in [9.17, 15) is 26.7 Å². The fourth-order valence-corrected chi connectivity index (χ4v) is 3.76. The summed E-state index contributed by atoms with van der Waals surface area (Å²) in [5.74, 6) is 0. The van der Waals surface area contributed by atoms with Crippen molar-refractivity contribution >= 4 is 10.2 Å². The van der Waals surface area contributed by atoms with Gasteiger partial charge in [0.25, 0.3) is 10.2 Å². The summed E-state index contributed by atoms with van der Waals surface area (Å²) in [5, 5.41) is 9.49. The van der Waals surface area contributed by atoms with Crippen molar-refractivity contribution in [2.45, 2.75) is 18.2 Å². The van der Waals surface area contributed by atoms with E-state index in [0.717, 1.165) is 4.31 Å². The quantitative estimate of drug-likeness (QED) is 0.751. The highest BCUT2D eigenvalue weighted by Gasteiger charge is 2.59. The van der Waals surface area contributed by atoms with Gasteiger partial charge in [-0.05, 0) is 0 Å². The molecule has 10 heteroatoms. The number of β-amino-alcohol motifs (C(OH)–C–C–N with tert-alkyl or cyclic N) is 1. The van der Waals surface area contributed by atoms with Gasteiger partial charge < -0.3 is 9.84 Å². The van der Waals surface area contributed by atoms with E-state index in [1.54, 1.807) is 0 Å². The fourth-order valence-electron chi connectivity index (χ4n) is 2.13. The van der Waals surface area contributed by atoms with Gasteiger partial charge >= 0.3 is 6.18 Å². The van der Waals surface area contributed by atoms with Gasteiger partial charge in [-0.2, -0.15) is 30.2 Å². The second-order valence-corrected chi connectivity index (χ2v) is 6.56. The van der Waals surface area contributed by atoms with Crippen LogP contribution in [0.4, 0.5) is 13.2 Å². The topological polar surface area (TPSA) is 70.1 Å². The van der Waals surface area contributed by atoms with Gasteiger partial charge in [0.05, 0.1) is 19.8 Å². The lowest BCUT2D eigenvalue weighted by Gasteiger charge is -2.31. The van der Waals surface area contributed by atoms with Crippen LogP contribution in [0, 0.1) is 0 Å². The number of rotatable bonds is 2. The molecule has 0 amide bonds. The highest BCUT2D eigenvalue weighted by atomic mass is 32.2. The maximum atomic E-state index is 12.6. The van der Waals surface area contributed by atoms with E-state index in [0.29, 0.717) is 4.31 Å². The Morgan fingerprint density at radius 1 is 1.11 bits per heavy atom. The minimum absolute atomic E-state index is 0.114. The predicted octanol–water partition coefficient (Wildman–Crippen LogP) is -0.438. The summed E-state index contributed by atoms with van der Waals surface area (Å²) < 4.78 is 68.9. The molecule has 2 aliphatic heterocycles. The second-order valence-electron chi connectivity index (χ2n) is 4.63. The van der Waals surface area contributed by atoms with Crippen LogP contribution in [0.5, 0.6) is 0 Å². The molecule has 2 heterocycles. The largest absolute Gasteiger partial charge is 0.418 e. The Morgan fingerprint density at radius 2 is 1.68 bits per heavy atom. The Hall–Kier alpha value is -0.420. The van der Waals surface area contributed by atoms with Gasteiger partial charge in [-0.3, -0.25) is 0 Å². The molecule has 0 bridgehead atoms. The number of ether oxygens (including phenoxy) is 1. The lowest BCUT2D eigenvalue weighted by Crippen LogP contribution is -2.51. The van der Waals surface area contributed by atoms with Crippen LogP contribution in [-0.4, -0.2) is 73.3 Å². The normalized spacial score (nSPS) is 31.8. The fraction of sp³-hybridized carbons (Fsp3) is 1.00. The van der Waals surface area contributed by atoms with E-state index in [2.05, 4.69) is 0 Å². The van der Waals surface area contributed by atoms with Gasteiger partial charge in [-0.25, -0.2) is 0 Å². The Morgan fingerprint density at radius 3 is 2.16 bits per heavy atom. The first-order valence-electron chi connectivity index (χ1n) is 5.79. The van der Waals surface area contributed by atoms with Crippen molar-refractivity contribution in [1.82, 2.24) is 8.61 Å². The molecule has 0 spiro atoms. The molecule has 2 fully saturated rings. The zero-order valence-electron chi connectivity index (χ0n) is 10.1. The number of morpholine rings is 1. The van der Waals surface area contributed by atoms with Crippen LogP contribution >= 0.6 is 0 Å². The highest BCUT2D eigenvalue weighted by Crippen LogP contribution is 2.38. The molecule has 0 saturated carbocycles. The summed E-state index contributed by atoms with van der Waals surface area (Å²) in [7, 11) is -3.97. The molecule has 0 unspecified atom stereocenters. The number of hydrogen-bond donors (Lipinski definition) is 1.